The summed E-state index contributed by atoms with van der Waals surface area (Å²) in [4.78, 5) is 26.8. The summed E-state index contributed by atoms with van der Waals surface area (Å²) >= 11 is 15.6. The van der Waals surface area contributed by atoms with Gasteiger partial charge in [-0.15, -0.1) is 0 Å². The van der Waals surface area contributed by atoms with Crippen molar-refractivity contribution >= 4 is 56.8 Å². The number of carbonyl (C=O) groups excluding carboxylic acids is 2. The van der Waals surface area contributed by atoms with Crippen LogP contribution in [0.1, 0.15) is 31.2 Å². The number of hydrogen-bond acceptors (Lipinski definition) is 3. The zero-order chi connectivity index (χ0) is 18.4. The van der Waals surface area contributed by atoms with Crippen LogP contribution in [0.4, 0.5) is 5.82 Å². The molecule has 0 unspecified atom stereocenters. The number of carbonyl (C=O) groups is 2. The van der Waals surface area contributed by atoms with E-state index in [1.54, 1.807) is 23.0 Å². The Bertz CT molecular complexity index is 875. The fourth-order valence-corrected chi connectivity index (χ4v) is 4.78. The van der Waals surface area contributed by atoms with Crippen molar-refractivity contribution in [2.75, 3.05) is 4.90 Å². The molecule has 5 nitrogen and oxygen atoms in total. The molecule has 2 atom stereocenters. The minimum Gasteiger partial charge on any atom is -0.274 e. The Hall–Kier alpha value is -1.37. The number of hydrogen-bond donors (Lipinski definition) is 0. The topological polar surface area (TPSA) is 55.2 Å². The van der Waals surface area contributed by atoms with E-state index in [2.05, 4.69) is 21.0 Å². The van der Waals surface area contributed by atoms with Crippen molar-refractivity contribution in [1.82, 2.24) is 9.78 Å². The van der Waals surface area contributed by atoms with Crippen molar-refractivity contribution in [2.24, 2.45) is 11.8 Å². The molecule has 1 saturated heterocycles. The zero-order valence-electron chi connectivity index (χ0n) is 13.8. The van der Waals surface area contributed by atoms with Crippen LogP contribution >= 0.6 is 39.1 Å². The molecule has 1 aliphatic carbocycles. The lowest BCUT2D eigenvalue weighted by molar-refractivity contribution is -0.122. The van der Waals surface area contributed by atoms with E-state index in [4.69, 9.17) is 23.2 Å². The first kappa shape index (κ1) is 18.0. The van der Waals surface area contributed by atoms with Crippen molar-refractivity contribution in [3.05, 3.63) is 44.5 Å². The van der Waals surface area contributed by atoms with E-state index in [1.807, 2.05) is 6.07 Å². The fraction of sp³-hybridized carbons (Fsp3) is 0.389. The SMILES string of the molecule is O=C1[C@H]2CCCC[C@H]2C(=O)N1c1nn(Cc2ccc(Cl)cc2Cl)cc1Br. The molecule has 0 bridgehead atoms. The number of halogens is 3. The number of fused-ring (bicyclic) bond motifs is 1. The van der Waals surface area contributed by atoms with E-state index < -0.39 is 0 Å². The van der Waals surface area contributed by atoms with Gasteiger partial charge < -0.3 is 0 Å². The molecule has 2 aliphatic rings. The summed E-state index contributed by atoms with van der Waals surface area (Å²) in [6.45, 7) is 0.414. The Morgan fingerprint density at radius 2 is 1.77 bits per heavy atom. The predicted octanol–water partition coefficient (Wildman–Crippen LogP) is 4.68. The van der Waals surface area contributed by atoms with Gasteiger partial charge in [-0.1, -0.05) is 42.1 Å². The third kappa shape index (κ3) is 3.08. The smallest absolute Gasteiger partial charge is 0.238 e. The van der Waals surface area contributed by atoms with Gasteiger partial charge in [0.25, 0.3) is 0 Å². The van der Waals surface area contributed by atoms with Crippen molar-refractivity contribution in [2.45, 2.75) is 32.2 Å². The molecule has 1 aliphatic heterocycles. The van der Waals surface area contributed by atoms with Crippen LogP contribution in [0.5, 0.6) is 0 Å². The molecule has 4 rings (SSSR count). The summed E-state index contributed by atoms with van der Waals surface area (Å²) in [5.41, 5.74) is 0.852. The van der Waals surface area contributed by atoms with Gasteiger partial charge in [0.15, 0.2) is 5.82 Å². The van der Waals surface area contributed by atoms with Crippen LogP contribution in [0.15, 0.2) is 28.9 Å². The number of benzene rings is 1. The molecule has 26 heavy (non-hydrogen) atoms. The number of aromatic nitrogens is 2. The Morgan fingerprint density at radius 1 is 1.12 bits per heavy atom. The molecular formula is C18H16BrCl2N3O2. The summed E-state index contributed by atoms with van der Waals surface area (Å²) in [5.74, 6) is -0.289. The summed E-state index contributed by atoms with van der Waals surface area (Å²) in [7, 11) is 0. The Balaban J connectivity index is 1.62. The molecule has 2 fully saturated rings. The highest BCUT2D eigenvalue weighted by molar-refractivity contribution is 9.10. The summed E-state index contributed by atoms with van der Waals surface area (Å²) in [5, 5.41) is 5.58. The number of imide groups is 1. The fourth-order valence-electron chi connectivity index (χ4n) is 3.81. The van der Waals surface area contributed by atoms with Crippen LogP contribution in [0, 0.1) is 11.8 Å². The Morgan fingerprint density at radius 3 is 2.38 bits per heavy atom. The van der Waals surface area contributed by atoms with Crippen LogP contribution in [0.25, 0.3) is 0 Å². The minimum absolute atomic E-state index is 0.129. The average molecular weight is 457 g/mol. The third-order valence-electron chi connectivity index (χ3n) is 5.10. The highest BCUT2D eigenvalue weighted by Gasteiger charge is 2.50. The van der Waals surface area contributed by atoms with Crippen LogP contribution in [-0.2, 0) is 16.1 Å². The van der Waals surface area contributed by atoms with E-state index >= 15 is 0 Å². The molecule has 0 N–H and O–H groups in total. The van der Waals surface area contributed by atoms with E-state index in [1.165, 1.54) is 4.90 Å². The van der Waals surface area contributed by atoms with E-state index in [0.717, 1.165) is 31.2 Å². The second-order valence-corrected chi connectivity index (χ2v) is 8.44. The molecule has 2 aromatic rings. The van der Waals surface area contributed by atoms with Gasteiger partial charge >= 0.3 is 0 Å². The second kappa shape index (κ2) is 6.98. The van der Waals surface area contributed by atoms with Gasteiger partial charge in [0, 0.05) is 16.2 Å². The van der Waals surface area contributed by atoms with Crippen LogP contribution in [0.3, 0.4) is 0 Å². The number of rotatable bonds is 3. The maximum absolute atomic E-state index is 12.8. The molecule has 0 radical (unpaired) electrons. The normalized spacial score (nSPS) is 22.8. The molecule has 1 aromatic heterocycles. The largest absolute Gasteiger partial charge is 0.274 e. The lowest BCUT2D eigenvalue weighted by Crippen LogP contribution is -2.31. The van der Waals surface area contributed by atoms with E-state index in [9.17, 15) is 9.59 Å². The Labute approximate surface area is 169 Å². The van der Waals surface area contributed by atoms with Gasteiger partial charge in [-0.25, -0.2) is 4.90 Å². The summed E-state index contributed by atoms with van der Waals surface area (Å²) in [6.07, 6.45) is 5.31. The molecule has 2 amide bonds. The highest BCUT2D eigenvalue weighted by atomic mass is 79.9. The Kier molecular flexibility index (Phi) is 4.84. The van der Waals surface area contributed by atoms with Crippen LogP contribution in [-0.4, -0.2) is 21.6 Å². The van der Waals surface area contributed by atoms with Gasteiger partial charge in [0.05, 0.1) is 22.9 Å². The predicted molar refractivity (Wildman–Crippen MR) is 103 cm³/mol. The van der Waals surface area contributed by atoms with Crippen molar-refractivity contribution in [3.63, 3.8) is 0 Å². The quantitative estimate of drug-likeness (QED) is 0.630. The maximum atomic E-state index is 12.8. The number of nitrogens with zero attached hydrogens (tertiary/aromatic N) is 3. The minimum atomic E-state index is -0.195. The van der Waals surface area contributed by atoms with E-state index in [0.29, 0.717) is 26.9 Å². The highest BCUT2D eigenvalue weighted by Crippen LogP contribution is 2.41. The number of amides is 2. The average Bonchev–Trinajstić information content (AvgIpc) is 3.08. The van der Waals surface area contributed by atoms with Crippen molar-refractivity contribution in [3.8, 4) is 0 Å². The van der Waals surface area contributed by atoms with Gasteiger partial charge in [-0.2, -0.15) is 5.10 Å². The molecule has 136 valence electrons. The maximum Gasteiger partial charge on any atom is 0.238 e. The van der Waals surface area contributed by atoms with Gasteiger partial charge in [-0.05, 0) is 46.5 Å². The summed E-state index contributed by atoms with van der Waals surface area (Å²) < 4.78 is 2.28. The molecule has 0 spiro atoms. The lowest BCUT2D eigenvalue weighted by Gasteiger charge is -2.19. The molecule has 1 saturated carbocycles. The molecule has 1 aromatic carbocycles. The second-order valence-electron chi connectivity index (χ2n) is 6.74. The summed E-state index contributed by atoms with van der Waals surface area (Å²) in [6, 6.07) is 5.27. The van der Waals surface area contributed by atoms with E-state index in [-0.39, 0.29) is 23.7 Å². The van der Waals surface area contributed by atoms with Crippen LogP contribution < -0.4 is 4.90 Å². The van der Waals surface area contributed by atoms with Crippen molar-refractivity contribution < 1.29 is 9.59 Å². The van der Waals surface area contributed by atoms with Gasteiger partial charge in [-0.3, -0.25) is 14.3 Å². The first-order valence-electron chi connectivity index (χ1n) is 8.50. The standard InChI is InChI=1S/C18H16BrCl2N3O2/c19-14-9-23(8-10-5-6-11(20)7-15(10)21)22-16(14)24-17(25)12-3-1-2-4-13(12)18(24)26/h5-7,9,12-13H,1-4,8H2/t12-,13+. The molecule has 8 heteroatoms. The zero-order valence-corrected chi connectivity index (χ0v) is 16.9. The monoisotopic (exact) mass is 455 g/mol. The molecular weight excluding hydrogens is 441 g/mol. The first-order chi connectivity index (χ1) is 12.5. The van der Waals surface area contributed by atoms with Crippen molar-refractivity contribution in [1.29, 1.82) is 0 Å². The van der Waals surface area contributed by atoms with Crippen LogP contribution in [0.2, 0.25) is 10.0 Å². The first-order valence-corrected chi connectivity index (χ1v) is 10.1. The lowest BCUT2D eigenvalue weighted by atomic mass is 9.81. The molecule has 2 heterocycles. The number of anilines is 1. The van der Waals surface area contributed by atoms with Gasteiger partial charge in [0.2, 0.25) is 11.8 Å². The third-order valence-corrected chi connectivity index (χ3v) is 6.25. The van der Waals surface area contributed by atoms with Gasteiger partial charge in [0.1, 0.15) is 0 Å².